The molecule has 1 aromatic heterocycles. The van der Waals surface area contributed by atoms with Gasteiger partial charge in [0.25, 0.3) is 0 Å². The lowest BCUT2D eigenvalue weighted by molar-refractivity contribution is -0.111. The average Bonchev–Trinajstić information content (AvgIpc) is 3.16. The Kier molecular flexibility index (Phi) is 6.91. The molecule has 0 bridgehead atoms. The smallest absolute Gasteiger partial charge is 0.247 e. The van der Waals surface area contributed by atoms with Crippen molar-refractivity contribution in [1.29, 1.82) is 0 Å². The average molecular weight is 511 g/mol. The van der Waals surface area contributed by atoms with Gasteiger partial charge in [-0.2, -0.15) is 5.10 Å². The fourth-order valence-electron chi connectivity index (χ4n) is 3.88. The van der Waals surface area contributed by atoms with E-state index in [9.17, 15) is 4.79 Å². The standard InChI is InChI=1S/C26H24Cl2N4O3/c1-6-21(33)29-17-9-7-8-14(2)25(17)30-26-16-11-10-15(12-18(16)32(3)31-26)22-23(27)19(34-4)13-20(35-5)24(22)28/h6-13H,1H2,2-5H3,(H,29,33)(H,30,31). The molecule has 1 heterocycles. The summed E-state index contributed by atoms with van der Waals surface area (Å²) in [5.74, 6) is 1.27. The molecule has 0 fully saturated rings. The monoisotopic (exact) mass is 510 g/mol. The first kappa shape index (κ1) is 24.4. The van der Waals surface area contributed by atoms with Gasteiger partial charge in [-0.15, -0.1) is 0 Å². The topological polar surface area (TPSA) is 77.4 Å². The van der Waals surface area contributed by atoms with E-state index in [1.54, 1.807) is 10.7 Å². The van der Waals surface area contributed by atoms with Crippen LogP contribution in [-0.2, 0) is 11.8 Å². The first-order valence-electron chi connectivity index (χ1n) is 10.7. The molecule has 4 rings (SSSR count). The molecule has 3 aromatic carbocycles. The highest BCUT2D eigenvalue weighted by molar-refractivity contribution is 6.41. The summed E-state index contributed by atoms with van der Waals surface area (Å²) in [5, 5.41) is 12.5. The molecule has 180 valence electrons. The van der Waals surface area contributed by atoms with Gasteiger partial charge in [-0.3, -0.25) is 9.48 Å². The zero-order chi connectivity index (χ0) is 25.3. The van der Waals surface area contributed by atoms with Crippen LogP contribution in [0.4, 0.5) is 17.2 Å². The van der Waals surface area contributed by atoms with Gasteiger partial charge in [-0.05, 0) is 42.3 Å². The Labute approximate surface area is 213 Å². The fraction of sp³-hybridized carbons (Fsp3) is 0.154. The molecule has 0 unspecified atom stereocenters. The van der Waals surface area contributed by atoms with E-state index in [0.717, 1.165) is 27.7 Å². The molecule has 0 aliphatic carbocycles. The van der Waals surface area contributed by atoms with Crippen LogP contribution in [0.1, 0.15) is 5.56 Å². The molecule has 0 saturated heterocycles. The van der Waals surface area contributed by atoms with Gasteiger partial charge in [0.2, 0.25) is 5.91 Å². The van der Waals surface area contributed by atoms with Crippen LogP contribution in [0.3, 0.4) is 0 Å². The molecule has 1 amide bonds. The third-order valence-electron chi connectivity index (χ3n) is 5.67. The molecule has 0 saturated carbocycles. The van der Waals surface area contributed by atoms with Crippen LogP contribution in [-0.4, -0.2) is 29.9 Å². The van der Waals surface area contributed by atoms with Gasteiger partial charge in [0, 0.05) is 24.1 Å². The molecule has 0 aliphatic heterocycles. The summed E-state index contributed by atoms with van der Waals surface area (Å²) in [4.78, 5) is 11.9. The summed E-state index contributed by atoms with van der Waals surface area (Å²) in [6, 6.07) is 13.1. The zero-order valence-electron chi connectivity index (χ0n) is 19.7. The van der Waals surface area contributed by atoms with Gasteiger partial charge in [-0.25, -0.2) is 0 Å². The third-order valence-corrected chi connectivity index (χ3v) is 6.42. The normalized spacial score (nSPS) is 10.8. The van der Waals surface area contributed by atoms with Crippen LogP contribution in [0.5, 0.6) is 11.5 Å². The van der Waals surface area contributed by atoms with Crippen LogP contribution in [0.25, 0.3) is 22.0 Å². The van der Waals surface area contributed by atoms with Gasteiger partial charge < -0.3 is 20.1 Å². The molecular formula is C26H24Cl2N4O3. The van der Waals surface area contributed by atoms with Crippen LogP contribution in [0, 0.1) is 6.92 Å². The highest BCUT2D eigenvalue weighted by Crippen LogP contribution is 2.46. The maximum absolute atomic E-state index is 11.9. The minimum Gasteiger partial charge on any atom is -0.495 e. The second-order valence-electron chi connectivity index (χ2n) is 7.80. The number of aromatic nitrogens is 2. The Morgan fingerprint density at radius 1 is 1.09 bits per heavy atom. The van der Waals surface area contributed by atoms with Gasteiger partial charge in [0.15, 0.2) is 5.82 Å². The van der Waals surface area contributed by atoms with E-state index in [2.05, 4.69) is 22.3 Å². The quantitative estimate of drug-likeness (QED) is 0.269. The van der Waals surface area contributed by atoms with Crippen molar-refractivity contribution in [1.82, 2.24) is 9.78 Å². The second-order valence-corrected chi connectivity index (χ2v) is 8.56. The molecule has 0 atom stereocenters. The number of carbonyl (C=O) groups is 1. The number of rotatable bonds is 7. The number of anilines is 3. The van der Waals surface area contributed by atoms with Crippen LogP contribution in [0.2, 0.25) is 10.0 Å². The Hall–Kier alpha value is -3.68. The van der Waals surface area contributed by atoms with Crippen molar-refractivity contribution in [3.63, 3.8) is 0 Å². The predicted octanol–water partition coefficient (Wildman–Crippen LogP) is 6.74. The summed E-state index contributed by atoms with van der Waals surface area (Å²) in [6.45, 7) is 5.48. The maximum atomic E-state index is 11.9. The number of halogens is 2. The molecule has 9 heteroatoms. The first-order chi connectivity index (χ1) is 16.8. The fourth-order valence-corrected chi connectivity index (χ4v) is 4.60. The number of hydrogen-bond donors (Lipinski definition) is 2. The Balaban J connectivity index is 1.81. The van der Waals surface area contributed by atoms with E-state index in [0.29, 0.717) is 38.6 Å². The van der Waals surface area contributed by atoms with E-state index in [4.69, 9.17) is 32.7 Å². The SMILES string of the molecule is C=CC(=O)Nc1cccc(C)c1Nc1nn(C)c2cc(-c3c(Cl)c(OC)cc(OC)c3Cl)ccc12. The Bertz CT molecular complexity index is 1430. The van der Waals surface area contributed by atoms with Crippen molar-refractivity contribution in [2.75, 3.05) is 24.9 Å². The molecule has 35 heavy (non-hydrogen) atoms. The molecule has 7 nitrogen and oxygen atoms in total. The predicted molar refractivity (Wildman–Crippen MR) is 143 cm³/mol. The second kappa shape index (κ2) is 9.90. The van der Waals surface area contributed by atoms with Crippen molar-refractivity contribution in [2.24, 2.45) is 7.05 Å². The van der Waals surface area contributed by atoms with Gasteiger partial charge in [-0.1, -0.05) is 48.0 Å². The Morgan fingerprint density at radius 2 is 1.77 bits per heavy atom. The number of aryl methyl sites for hydroxylation is 2. The Morgan fingerprint density at radius 3 is 2.40 bits per heavy atom. The van der Waals surface area contributed by atoms with Crippen LogP contribution < -0.4 is 20.1 Å². The van der Waals surface area contributed by atoms with Gasteiger partial charge in [0.1, 0.15) is 11.5 Å². The number of para-hydroxylation sites is 1. The number of methoxy groups -OCH3 is 2. The number of amides is 1. The zero-order valence-corrected chi connectivity index (χ0v) is 21.2. The summed E-state index contributed by atoms with van der Waals surface area (Å²) < 4.78 is 12.6. The van der Waals surface area contributed by atoms with Crippen LogP contribution in [0.15, 0.2) is 55.1 Å². The van der Waals surface area contributed by atoms with Crippen molar-refractivity contribution in [3.05, 3.63) is 70.7 Å². The molecule has 0 spiro atoms. The molecular weight excluding hydrogens is 487 g/mol. The van der Waals surface area contributed by atoms with Crippen molar-refractivity contribution >= 4 is 57.2 Å². The lowest BCUT2D eigenvalue weighted by Gasteiger charge is -2.15. The maximum Gasteiger partial charge on any atom is 0.247 e. The minimum absolute atomic E-state index is 0.295. The lowest BCUT2D eigenvalue weighted by atomic mass is 10.0. The first-order valence-corrected chi connectivity index (χ1v) is 11.4. The van der Waals surface area contributed by atoms with Crippen molar-refractivity contribution in [2.45, 2.75) is 6.92 Å². The number of nitrogens with one attached hydrogen (secondary N) is 2. The molecule has 0 aliphatic rings. The number of ether oxygens (including phenoxy) is 2. The van der Waals surface area contributed by atoms with E-state index < -0.39 is 0 Å². The number of benzene rings is 3. The highest BCUT2D eigenvalue weighted by atomic mass is 35.5. The highest BCUT2D eigenvalue weighted by Gasteiger charge is 2.20. The summed E-state index contributed by atoms with van der Waals surface area (Å²) in [7, 11) is 4.93. The van der Waals surface area contributed by atoms with Gasteiger partial charge in [0.05, 0.1) is 41.2 Å². The number of nitrogens with zero attached hydrogens (tertiary/aromatic N) is 2. The van der Waals surface area contributed by atoms with Crippen molar-refractivity contribution in [3.8, 4) is 22.6 Å². The van der Waals surface area contributed by atoms with Crippen molar-refractivity contribution < 1.29 is 14.3 Å². The lowest BCUT2D eigenvalue weighted by Crippen LogP contribution is -2.10. The largest absolute Gasteiger partial charge is 0.495 e. The van der Waals surface area contributed by atoms with E-state index in [-0.39, 0.29) is 5.91 Å². The molecule has 2 N–H and O–H groups in total. The summed E-state index contributed by atoms with van der Waals surface area (Å²) in [6.07, 6.45) is 1.23. The number of hydrogen-bond acceptors (Lipinski definition) is 5. The molecule has 4 aromatic rings. The van der Waals surface area contributed by atoms with E-state index in [1.807, 2.05) is 50.4 Å². The number of carbonyl (C=O) groups excluding carboxylic acids is 1. The van der Waals surface area contributed by atoms with Crippen LogP contribution >= 0.6 is 23.2 Å². The minimum atomic E-state index is -0.295. The molecule has 0 radical (unpaired) electrons. The van der Waals surface area contributed by atoms with E-state index in [1.165, 1.54) is 20.3 Å². The summed E-state index contributed by atoms with van der Waals surface area (Å²) >= 11 is 13.3. The third kappa shape index (κ3) is 4.52. The van der Waals surface area contributed by atoms with Gasteiger partial charge >= 0.3 is 0 Å². The van der Waals surface area contributed by atoms with E-state index >= 15 is 0 Å². The number of fused-ring (bicyclic) bond motifs is 1. The summed E-state index contributed by atoms with van der Waals surface area (Å²) in [5.41, 5.74) is 4.57.